The summed E-state index contributed by atoms with van der Waals surface area (Å²) in [5.74, 6) is 0. The van der Waals surface area contributed by atoms with Crippen LogP contribution in [0.25, 0.3) is 0 Å². The lowest BCUT2D eigenvalue weighted by Gasteiger charge is -2.17. The highest BCUT2D eigenvalue weighted by molar-refractivity contribution is 4.73. The first kappa shape index (κ1) is 5.99. The van der Waals surface area contributed by atoms with Gasteiger partial charge in [0.1, 0.15) is 12.3 Å². The Bertz CT molecular complexity index is 62.9. The lowest BCUT2D eigenvalue weighted by molar-refractivity contribution is 0.120. The summed E-state index contributed by atoms with van der Waals surface area (Å²) < 4.78 is 24.4. The molecule has 1 rings (SSSR count). The molecule has 0 spiro atoms. The second kappa shape index (κ2) is 2.42. The summed E-state index contributed by atoms with van der Waals surface area (Å²) in [6, 6.07) is 0. The van der Waals surface area contributed by atoms with Crippen LogP contribution < -0.4 is 0 Å². The SMILES string of the molecule is F[C@H]1CCCC[C@@H]1F. The monoisotopic (exact) mass is 120 g/mol. The first-order valence-corrected chi connectivity index (χ1v) is 3.09. The number of hydrogen-bond donors (Lipinski definition) is 0. The van der Waals surface area contributed by atoms with Crippen molar-refractivity contribution < 1.29 is 8.78 Å². The molecule has 8 heavy (non-hydrogen) atoms. The van der Waals surface area contributed by atoms with Crippen LogP contribution in [0.5, 0.6) is 0 Å². The van der Waals surface area contributed by atoms with Crippen molar-refractivity contribution in [3.8, 4) is 0 Å². The summed E-state index contributed by atoms with van der Waals surface area (Å²) in [5, 5.41) is 0. The highest BCUT2D eigenvalue weighted by Crippen LogP contribution is 2.23. The maximum Gasteiger partial charge on any atom is 0.131 e. The van der Waals surface area contributed by atoms with Crippen LogP contribution in [0.4, 0.5) is 8.78 Å². The molecule has 0 amide bonds. The summed E-state index contributed by atoms with van der Waals surface area (Å²) in [6.07, 6.45) is 0.262. The third-order valence-corrected chi connectivity index (χ3v) is 1.60. The molecule has 0 heterocycles. The van der Waals surface area contributed by atoms with E-state index in [0.717, 1.165) is 12.8 Å². The predicted octanol–water partition coefficient (Wildman–Crippen LogP) is 2.24. The Morgan fingerprint density at radius 1 is 0.875 bits per heavy atom. The van der Waals surface area contributed by atoms with E-state index in [1.807, 2.05) is 0 Å². The molecule has 1 aliphatic carbocycles. The Hall–Kier alpha value is -0.140. The van der Waals surface area contributed by atoms with Gasteiger partial charge in [-0.1, -0.05) is 12.8 Å². The summed E-state index contributed by atoms with van der Waals surface area (Å²) in [4.78, 5) is 0. The van der Waals surface area contributed by atoms with Gasteiger partial charge in [-0.15, -0.1) is 0 Å². The maximum atomic E-state index is 12.2. The topological polar surface area (TPSA) is 0 Å². The zero-order valence-corrected chi connectivity index (χ0v) is 4.74. The molecule has 48 valence electrons. The van der Waals surface area contributed by atoms with Gasteiger partial charge in [0.25, 0.3) is 0 Å². The summed E-state index contributed by atoms with van der Waals surface area (Å²) >= 11 is 0. The van der Waals surface area contributed by atoms with Crippen molar-refractivity contribution in [2.24, 2.45) is 0 Å². The fraction of sp³-hybridized carbons (Fsp3) is 1.00. The molecule has 0 saturated heterocycles. The van der Waals surface area contributed by atoms with E-state index in [2.05, 4.69) is 0 Å². The van der Waals surface area contributed by atoms with Gasteiger partial charge in [-0.25, -0.2) is 8.78 Å². The van der Waals surface area contributed by atoms with Crippen molar-refractivity contribution in [1.29, 1.82) is 0 Å². The van der Waals surface area contributed by atoms with Crippen molar-refractivity contribution >= 4 is 0 Å². The summed E-state index contributed by atoms with van der Waals surface area (Å²) in [6.45, 7) is 0. The minimum Gasteiger partial charge on any atom is -0.244 e. The van der Waals surface area contributed by atoms with Crippen LogP contribution >= 0.6 is 0 Å². The Morgan fingerprint density at radius 2 is 1.25 bits per heavy atom. The molecule has 0 bridgehead atoms. The van der Waals surface area contributed by atoms with Gasteiger partial charge in [-0.3, -0.25) is 0 Å². The molecule has 0 unspecified atom stereocenters. The van der Waals surface area contributed by atoms with Crippen LogP contribution in [0, 0.1) is 0 Å². The van der Waals surface area contributed by atoms with E-state index in [1.165, 1.54) is 0 Å². The van der Waals surface area contributed by atoms with Crippen molar-refractivity contribution in [2.45, 2.75) is 38.0 Å². The summed E-state index contributed by atoms with van der Waals surface area (Å²) in [5.41, 5.74) is 0. The van der Waals surface area contributed by atoms with Gasteiger partial charge < -0.3 is 0 Å². The Labute approximate surface area is 47.9 Å². The number of alkyl halides is 2. The molecule has 0 aliphatic heterocycles. The van der Waals surface area contributed by atoms with Crippen LogP contribution in [-0.4, -0.2) is 12.3 Å². The average Bonchev–Trinajstić information content (AvgIpc) is 1.77. The van der Waals surface area contributed by atoms with Crippen LogP contribution in [0.2, 0.25) is 0 Å². The van der Waals surface area contributed by atoms with Crippen molar-refractivity contribution in [3.63, 3.8) is 0 Å². The third kappa shape index (κ3) is 1.17. The van der Waals surface area contributed by atoms with Gasteiger partial charge in [0.2, 0.25) is 0 Å². The van der Waals surface area contributed by atoms with Crippen molar-refractivity contribution in [2.75, 3.05) is 0 Å². The van der Waals surface area contributed by atoms with Gasteiger partial charge in [0.05, 0.1) is 0 Å². The molecule has 1 aliphatic rings. The number of halogens is 2. The van der Waals surface area contributed by atoms with E-state index in [0.29, 0.717) is 12.8 Å². The molecule has 2 heteroatoms. The molecular weight excluding hydrogens is 110 g/mol. The largest absolute Gasteiger partial charge is 0.244 e. The summed E-state index contributed by atoms with van der Waals surface area (Å²) in [7, 11) is 0. The van der Waals surface area contributed by atoms with E-state index in [4.69, 9.17) is 0 Å². The number of rotatable bonds is 0. The highest BCUT2D eigenvalue weighted by atomic mass is 19.2. The number of hydrogen-bond acceptors (Lipinski definition) is 0. The van der Waals surface area contributed by atoms with Gasteiger partial charge in [-0.05, 0) is 12.8 Å². The van der Waals surface area contributed by atoms with Crippen LogP contribution in [-0.2, 0) is 0 Å². The lowest BCUT2D eigenvalue weighted by atomic mass is 9.97. The van der Waals surface area contributed by atoms with E-state index < -0.39 is 12.3 Å². The first-order chi connectivity index (χ1) is 3.80. The van der Waals surface area contributed by atoms with Gasteiger partial charge in [0, 0.05) is 0 Å². The molecule has 1 fully saturated rings. The van der Waals surface area contributed by atoms with Gasteiger partial charge in [0.15, 0.2) is 0 Å². The quantitative estimate of drug-likeness (QED) is 0.460. The van der Waals surface area contributed by atoms with Crippen LogP contribution in [0.1, 0.15) is 25.7 Å². The van der Waals surface area contributed by atoms with Crippen LogP contribution in [0.15, 0.2) is 0 Å². The normalized spacial score (nSPS) is 39.8. The predicted molar refractivity (Wildman–Crippen MR) is 28.3 cm³/mol. The van der Waals surface area contributed by atoms with E-state index >= 15 is 0 Å². The maximum absolute atomic E-state index is 12.2. The van der Waals surface area contributed by atoms with Gasteiger partial charge in [-0.2, -0.15) is 0 Å². The molecule has 0 nitrogen and oxygen atoms in total. The van der Waals surface area contributed by atoms with E-state index in [1.54, 1.807) is 0 Å². The zero-order chi connectivity index (χ0) is 5.98. The molecule has 0 aromatic rings. The Balaban J connectivity index is 2.28. The molecular formula is C6H10F2. The fourth-order valence-electron chi connectivity index (χ4n) is 1.04. The molecule has 1 saturated carbocycles. The fourth-order valence-corrected chi connectivity index (χ4v) is 1.04. The third-order valence-electron chi connectivity index (χ3n) is 1.60. The Kier molecular flexibility index (Phi) is 1.81. The smallest absolute Gasteiger partial charge is 0.131 e. The second-order valence-electron chi connectivity index (χ2n) is 2.32. The molecule has 0 N–H and O–H groups in total. The lowest BCUT2D eigenvalue weighted by Crippen LogP contribution is -2.21. The standard InChI is InChI=1S/C6H10F2/c7-5-3-1-2-4-6(5)8/h5-6H,1-4H2/t5-,6-/m0/s1. The molecule has 0 aromatic carbocycles. The van der Waals surface area contributed by atoms with Crippen LogP contribution in [0.3, 0.4) is 0 Å². The second-order valence-corrected chi connectivity index (χ2v) is 2.32. The van der Waals surface area contributed by atoms with E-state index in [9.17, 15) is 8.78 Å². The van der Waals surface area contributed by atoms with Crippen molar-refractivity contribution in [1.82, 2.24) is 0 Å². The molecule has 0 aromatic heterocycles. The molecule has 2 atom stereocenters. The van der Waals surface area contributed by atoms with Gasteiger partial charge >= 0.3 is 0 Å². The van der Waals surface area contributed by atoms with Crippen molar-refractivity contribution in [3.05, 3.63) is 0 Å². The molecule has 0 radical (unpaired) electrons. The highest BCUT2D eigenvalue weighted by Gasteiger charge is 2.23. The zero-order valence-electron chi connectivity index (χ0n) is 4.74. The Morgan fingerprint density at radius 3 is 1.50 bits per heavy atom. The first-order valence-electron chi connectivity index (χ1n) is 3.09. The van der Waals surface area contributed by atoms with E-state index in [-0.39, 0.29) is 0 Å². The minimum absolute atomic E-state index is 0.432. The average molecular weight is 120 g/mol. The minimum atomic E-state index is -1.16.